The van der Waals surface area contributed by atoms with E-state index in [0.29, 0.717) is 0 Å². The molecule has 0 fully saturated rings. The van der Waals surface area contributed by atoms with Crippen molar-refractivity contribution >= 4 is 48.9 Å². The molecule has 0 amide bonds. The van der Waals surface area contributed by atoms with Crippen LogP contribution in [0.3, 0.4) is 0 Å². The first-order chi connectivity index (χ1) is 8.93. The van der Waals surface area contributed by atoms with Gasteiger partial charge in [-0.3, -0.25) is 0 Å². The monoisotopic (exact) mass is 384 g/mol. The first kappa shape index (κ1) is 19.8. The summed E-state index contributed by atoms with van der Waals surface area (Å²) in [5, 5.41) is 0. The van der Waals surface area contributed by atoms with E-state index in [9.17, 15) is 0 Å². The minimum absolute atomic E-state index is 0. The summed E-state index contributed by atoms with van der Waals surface area (Å²) in [6.07, 6.45) is 15.5. The average molecular weight is 384 g/mol. The standard InChI is InChI=1S/C18H30.Ba/c1-2-3-4-5-6-7-8-9-10-12-15-18-16-13-11-14-17-18;/h11,13-14,16-17H,2-10,12,15H2,1H3;. The van der Waals surface area contributed by atoms with Crippen LogP contribution in [0.2, 0.25) is 0 Å². The molecule has 0 saturated heterocycles. The van der Waals surface area contributed by atoms with E-state index in [-0.39, 0.29) is 48.9 Å². The van der Waals surface area contributed by atoms with Gasteiger partial charge in [-0.15, -0.1) is 0 Å². The van der Waals surface area contributed by atoms with E-state index in [4.69, 9.17) is 0 Å². The zero-order valence-corrected chi connectivity index (χ0v) is 17.3. The van der Waals surface area contributed by atoms with Crippen molar-refractivity contribution in [2.75, 3.05) is 0 Å². The van der Waals surface area contributed by atoms with E-state index in [2.05, 4.69) is 37.3 Å². The van der Waals surface area contributed by atoms with Crippen LogP contribution in [0.15, 0.2) is 30.3 Å². The largest absolute Gasteiger partial charge is 0.0654 e. The summed E-state index contributed by atoms with van der Waals surface area (Å²) in [6, 6.07) is 10.9. The molecule has 0 unspecified atom stereocenters. The molecule has 2 radical (unpaired) electrons. The summed E-state index contributed by atoms with van der Waals surface area (Å²) >= 11 is 0. The number of hydrogen-bond acceptors (Lipinski definition) is 0. The van der Waals surface area contributed by atoms with E-state index in [1.54, 1.807) is 0 Å². The van der Waals surface area contributed by atoms with Gasteiger partial charge >= 0.3 is 0 Å². The molecule has 0 aliphatic carbocycles. The topological polar surface area (TPSA) is 0 Å². The molecule has 0 spiro atoms. The summed E-state index contributed by atoms with van der Waals surface area (Å²) < 4.78 is 0. The van der Waals surface area contributed by atoms with Crippen LogP contribution in [0.5, 0.6) is 0 Å². The second-order valence-electron chi connectivity index (χ2n) is 5.42. The number of aryl methyl sites for hydroxylation is 1. The predicted octanol–water partition coefficient (Wildman–Crippen LogP) is 5.77. The van der Waals surface area contributed by atoms with Crippen molar-refractivity contribution in [1.29, 1.82) is 0 Å². The number of benzene rings is 1. The van der Waals surface area contributed by atoms with Crippen LogP contribution in [0.4, 0.5) is 0 Å². The van der Waals surface area contributed by atoms with Crippen LogP contribution in [-0.4, -0.2) is 48.9 Å². The van der Waals surface area contributed by atoms with Crippen LogP contribution in [-0.2, 0) is 6.42 Å². The van der Waals surface area contributed by atoms with E-state index >= 15 is 0 Å². The molecule has 104 valence electrons. The number of unbranched alkanes of at least 4 members (excludes halogenated alkanes) is 9. The van der Waals surface area contributed by atoms with Gasteiger partial charge in [0.1, 0.15) is 0 Å². The Morgan fingerprint density at radius 1 is 0.632 bits per heavy atom. The molecule has 0 aliphatic heterocycles. The summed E-state index contributed by atoms with van der Waals surface area (Å²) in [5.74, 6) is 0. The zero-order chi connectivity index (χ0) is 12.9. The zero-order valence-electron chi connectivity index (χ0n) is 12.9. The van der Waals surface area contributed by atoms with Crippen LogP contribution < -0.4 is 0 Å². The predicted molar refractivity (Wildman–Crippen MR) is 87.7 cm³/mol. The van der Waals surface area contributed by atoms with Gasteiger partial charge in [0.2, 0.25) is 0 Å². The molecule has 1 aromatic carbocycles. The average Bonchev–Trinajstić information content (AvgIpc) is 2.42. The molecule has 19 heavy (non-hydrogen) atoms. The molecule has 1 heteroatoms. The third-order valence-corrected chi connectivity index (χ3v) is 3.66. The minimum Gasteiger partial charge on any atom is -0.0654 e. The maximum absolute atomic E-state index is 2.28. The quantitative estimate of drug-likeness (QED) is 0.336. The SMILES string of the molecule is CCCCCCCCCCCCc1ccccc1.[Ba]. The van der Waals surface area contributed by atoms with Crippen LogP contribution in [0.1, 0.15) is 76.7 Å². The Bertz CT molecular complexity index is 268. The van der Waals surface area contributed by atoms with Gasteiger partial charge in [0, 0.05) is 48.9 Å². The Hall–Kier alpha value is 0.791. The van der Waals surface area contributed by atoms with Gasteiger partial charge < -0.3 is 0 Å². The van der Waals surface area contributed by atoms with Gasteiger partial charge in [-0.05, 0) is 18.4 Å². The van der Waals surface area contributed by atoms with E-state index in [1.165, 1.54) is 76.2 Å². The van der Waals surface area contributed by atoms with Crippen molar-refractivity contribution in [2.45, 2.75) is 77.6 Å². The van der Waals surface area contributed by atoms with Crippen LogP contribution >= 0.6 is 0 Å². The van der Waals surface area contributed by atoms with E-state index in [1.807, 2.05) is 0 Å². The first-order valence-electron chi connectivity index (χ1n) is 7.97. The van der Waals surface area contributed by atoms with Crippen molar-refractivity contribution in [3.63, 3.8) is 0 Å². The Morgan fingerprint density at radius 3 is 1.63 bits per heavy atom. The molecule has 0 atom stereocenters. The Kier molecular flexibility index (Phi) is 15.8. The van der Waals surface area contributed by atoms with E-state index < -0.39 is 0 Å². The smallest absolute Gasteiger partial charge is 0 e. The molecule has 0 nitrogen and oxygen atoms in total. The maximum atomic E-state index is 2.28. The fourth-order valence-corrected chi connectivity index (χ4v) is 2.46. The van der Waals surface area contributed by atoms with Gasteiger partial charge in [-0.25, -0.2) is 0 Å². The summed E-state index contributed by atoms with van der Waals surface area (Å²) in [7, 11) is 0. The Balaban J connectivity index is 0.00000324. The normalized spacial score (nSPS) is 10.2. The second kappa shape index (κ2) is 15.2. The summed E-state index contributed by atoms with van der Waals surface area (Å²) in [6.45, 7) is 2.28. The molecule has 0 aliphatic rings. The minimum atomic E-state index is 0. The molecule has 1 rings (SSSR count). The third-order valence-electron chi connectivity index (χ3n) is 3.66. The van der Waals surface area contributed by atoms with Gasteiger partial charge in [0.15, 0.2) is 0 Å². The Morgan fingerprint density at radius 2 is 1.11 bits per heavy atom. The fraction of sp³-hybridized carbons (Fsp3) is 0.667. The van der Waals surface area contributed by atoms with Crippen molar-refractivity contribution in [3.8, 4) is 0 Å². The summed E-state index contributed by atoms with van der Waals surface area (Å²) in [5.41, 5.74) is 1.50. The first-order valence-corrected chi connectivity index (χ1v) is 7.97. The van der Waals surface area contributed by atoms with E-state index in [0.717, 1.165) is 0 Å². The second-order valence-corrected chi connectivity index (χ2v) is 5.42. The van der Waals surface area contributed by atoms with Crippen LogP contribution in [0.25, 0.3) is 0 Å². The van der Waals surface area contributed by atoms with Crippen molar-refractivity contribution in [3.05, 3.63) is 35.9 Å². The Labute approximate surface area is 160 Å². The fourth-order valence-electron chi connectivity index (χ4n) is 2.46. The van der Waals surface area contributed by atoms with Crippen LogP contribution in [0, 0.1) is 0 Å². The maximum Gasteiger partial charge on any atom is 0 e. The van der Waals surface area contributed by atoms with Gasteiger partial charge in [0.05, 0.1) is 0 Å². The molecule has 0 bridgehead atoms. The molecule has 0 heterocycles. The number of hydrogen-bond donors (Lipinski definition) is 0. The molecule has 1 aromatic rings. The molecule has 0 N–H and O–H groups in total. The van der Waals surface area contributed by atoms with Crippen molar-refractivity contribution < 1.29 is 0 Å². The van der Waals surface area contributed by atoms with Crippen molar-refractivity contribution in [2.24, 2.45) is 0 Å². The van der Waals surface area contributed by atoms with Gasteiger partial charge in [0.25, 0.3) is 0 Å². The molecule has 0 saturated carbocycles. The molecular formula is C18H30Ba. The summed E-state index contributed by atoms with van der Waals surface area (Å²) in [4.78, 5) is 0. The molecule has 0 aromatic heterocycles. The third kappa shape index (κ3) is 12.3. The van der Waals surface area contributed by atoms with Gasteiger partial charge in [-0.1, -0.05) is 95.0 Å². The van der Waals surface area contributed by atoms with Gasteiger partial charge in [-0.2, -0.15) is 0 Å². The van der Waals surface area contributed by atoms with Crippen molar-refractivity contribution in [1.82, 2.24) is 0 Å². The number of rotatable bonds is 11. The molecular weight excluding hydrogens is 354 g/mol.